The number of amides is 3. The minimum atomic E-state index is -0.811. The maximum Gasteiger partial charge on any atom is 0.267 e. The summed E-state index contributed by atoms with van der Waals surface area (Å²) in [4.78, 5) is 44.4. The maximum atomic E-state index is 13.0. The summed E-state index contributed by atoms with van der Waals surface area (Å²) in [6, 6.07) is 10.3. The van der Waals surface area contributed by atoms with Crippen molar-refractivity contribution in [3.8, 4) is 11.5 Å². The van der Waals surface area contributed by atoms with Gasteiger partial charge in [0.1, 0.15) is 5.69 Å². The fourth-order valence-corrected chi connectivity index (χ4v) is 3.51. The topological polar surface area (TPSA) is 115 Å². The highest BCUT2D eigenvalue weighted by Crippen LogP contribution is 2.28. The lowest BCUT2D eigenvalue weighted by Crippen LogP contribution is -2.57. The van der Waals surface area contributed by atoms with E-state index in [2.05, 4.69) is 4.98 Å². The number of methoxy groups -OCH3 is 1. The number of carbonyl (C=O) groups excluding carboxylic acids is 3. The summed E-state index contributed by atoms with van der Waals surface area (Å²) in [6.07, 6.45) is 0.497. The molecule has 9 heteroatoms. The summed E-state index contributed by atoms with van der Waals surface area (Å²) >= 11 is 0. The standard InChI is InChI=1S/C22H26N4O5/c1-14-13-25(22(29)16-7-5-4-6-8-16)9-10-26(14)21(28)15(2)31-19-12-24-17(20(23)27)11-18(19)30-3/h4-8,11-12,14-15H,9-10,13H2,1-3H3,(H2,23,27)/t14-,15+/m1/s1. The van der Waals surface area contributed by atoms with Crippen molar-refractivity contribution in [1.29, 1.82) is 0 Å². The minimum absolute atomic E-state index is 0.0380. The van der Waals surface area contributed by atoms with Crippen molar-refractivity contribution >= 4 is 17.7 Å². The Labute approximate surface area is 180 Å². The number of hydrogen-bond donors (Lipinski definition) is 1. The molecule has 1 aromatic carbocycles. The number of pyridine rings is 1. The zero-order chi connectivity index (χ0) is 22.5. The van der Waals surface area contributed by atoms with Gasteiger partial charge in [0.05, 0.1) is 13.3 Å². The average Bonchev–Trinajstić information content (AvgIpc) is 2.78. The van der Waals surface area contributed by atoms with Gasteiger partial charge in [-0.2, -0.15) is 0 Å². The highest BCUT2D eigenvalue weighted by molar-refractivity contribution is 5.94. The molecule has 0 saturated carbocycles. The number of hydrogen-bond acceptors (Lipinski definition) is 6. The molecule has 0 unspecified atom stereocenters. The van der Waals surface area contributed by atoms with Crippen LogP contribution in [0.25, 0.3) is 0 Å². The summed E-state index contributed by atoms with van der Waals surface area (Å²) < 4.78 is 11.0. The van der Waals surface area contributed by atoms with Crippen molar-refractivity contribution in [1.82, 2.24) is 14.8 Å². The average molecular weight is 426 g/mol. The highest BCUT2D eigenvalue weighted by Gasteiger charge is 2.33. The van der Waals surface area contributed by atoms with Crippen LogP contribution in [0.5, 0.6) is 11.5 Å². The van der Waals surface area contributed by atoms with E-state index in [1.165, 1.54) is 19.4 Å². The highest BCUT2D eigenvalue weighted by atomic mass is 16.5. The van der Waals surface area contributed by atoms with E-state index < -0.39 is 12.0 Å². The third kappa shape index (κ3) is 4.93. The molecule has 1 aromatic heterocycles. The van der Waals surface area contributed by atoms with E-state index in [0.717, 1.165) is 0 Å². The maximum absolute atomic E-state index is 13.0. The van der Waals surface area contributed by atoms with E-state index in [9.17, 15) is 14.4 Å². The molecule has 2 heterocycles. The fourth-order valence-electron chi connectivity index (χ4n) is 3.51. The first-order chi connectivity index (χ1) is 14.8. The molecule has 1 aliphatic heterocycles. The van der Waals surface area contributed by atoms with E-state index in [0.29, 0.717) is 25.2 Å². The Kier molecular flexibility index (Phi) is 6.74. The van der Waals surface area contributed by atoms with Crippen LogP contribution in [-0.2, 0) is 4.79 Å². The fraction of sp³-hybridized carbons (Fsp3) is 0.364. The Morgan fingerprint density at radius 1 is 1.16 bits per heavy atom. The van der Waals surface area contributed by atoms with Gasteiger partial charge in [0.15, 0.2) is 17.6 Å². The monoisotopic (exact) mass is 426 g/mol. The van der Waals surface area contributed by atoms with Crippen molar-refractivity contribution in [3.63, 3.8) is 0 Å². The zero-order valence-corrected chi connectivity index (χ0v) is 17.8. The lowest BCUT2D eigenvalue weighted by molar-refractivity contribution is -0.142. The van der Waals surface area contributed by atoms with E-state index in [1.54, 1.807) is 28.9 Å². The molecule has 2 atom stereocenters. The molecule has 1 fully saturated rings. The minimum Gasteiger partial charge on any atom is -0.493 e. The SMILES string of the molecule is COc1cc(C(N)=O)ncc1O[C@@H](C)C(=O)N1CCN(C(=O)c2ccccc2)C[C@H]1C. The smallest absolute Gasteiger partial charge is 0.267 e. The van der Waals surface area contributed by atoms with E-state index in [1.807, 2.05) is 25.1 Å². The van der Waals surface area contributed by atoms with E-state index >= 15 is 0 Å². The van der Waals surface area contributed by atoms with Gasteiger partial charge in [-0.1, -0.05) is 18.2 Å². The van der Waals surface area contributed by atoms with Gasteiger partial charge in [0, 0.05) is 37.3 Å². The number of ether oxygens (including phenoxy) is 2. The van der Waals surface area contributed by atoms with Crippen molar-refractivity contribution in [2.24, 2.45) is 5.73 Å². The zero-order valence-electron chi connectivity index (χ0n) is 17.8. The number of benzene rings is 1. The van der Waals surface area contributed by atoms with Crippen LogP contribution in [0.4, 0.5) is 0 Å². The molecule has 1 saturated heterocycles. The lowest BCUT2D eigenvalue weighted by atomic mass is 10.1. The summed E-state index contributed by atoms with van der Waals surface area (Å²) in [5, 5.41) is 0. The van der Waals surface area contributed by atoms with Crippen LogP contribution >= 0.6 is 0 Å². The molecule has 164 valence electrons. The first-order valence-corrected chi connectivity index (χ1v) is 9.97. The number of nitrogens with two attached hydrogens (primary N) is 1. The predicted molar refractivity (Wildman–Crippen MR) is 113 cm³/mol. The number of aromatic nitrogens is 1. The Morgan fingerprint density at radius 2 is 1.87 bits per heavy atom. The summed E-state index contributed by atoms with van der Waals surface area (Å²) in [5.41, 5.74) is 5.90. The van der Waals surface area contributed by atoms with Crippen molar-refractivity contribution in [2.75, 3.05) is 26.7 Å². The summed E-state index contributed by atoms with van der Waals surface area (Å²) in [7, 11) is 1.42. The molecule has 0 radical (unpaired) electrons. The van der Waals surface area contributed by atoms with E-state index in [4.69, 9.17) is 15.2 Å². The van der Waals surface area contributed by atoms with Gasteiger partial charge >= 0.3 is 0 Å². The van der Waals surface area contributed by atoms with Gasteiger partial charge in [0.2, 0.25) is 0 Å². The molecular weight excluding hydrogens is 400 g/mol. The van der Waals surface area contributed by atoms with E-state index in [-0.39, 0.29) is 35.0 Å². The number of carbonyl (C=O) groups is 3. The first-order valence-electron chi connectivity index (χ1n) is 9.97. The van der Waals surface area contributed by atoms with Crippen LogP contribution in [0.3, 0.4) is 0 Å². The predicted octanol–water partition coefficient (Wildman–Crippen LogP) is 1.33. The number of rotatable bonds is 6. The molecule has 9 nitrogen and oxygen atoms in total. The van der Waals surface area contributed by atoms with Crippen molar-refractivity contribution in [3.05, 3.63) is 53.9 Å². The third-order valence-corrected chi connectivity index (χ3v) is 5.17. The Balaban J connectivity index is 1.64. The Morgan fingerprint density at radius 3 is 2.48 bits per heavy atom. The second-order valence-corrected chi connectivity index (χ2v) is 7.34. The van der Waals surface area contributed by atoms with Gasteiger partial charge in [0.25, 0.3) is 17.7 Å². The summed E-state index contributed by atoms with van der Waals surface area (Å²) in [5.74, 6) is -0.450. The molecule has 0 spiro atoms. The molecule has 0 aliphatic carbocycles. The Hall–Kier alpha value is -3.62. The van der Waals surface area contributed by atoms with Crippen molar-refractivity contribution in [2.45, 2.75) is 26.0 Å². The molecule has 3 amide bonds. The molecule has 31 heavy (non-hydrogen) atoms. The number of nitrogens with zero attached hydrogens (tertiary/aromatic N) is 3. The van der Waals surface area contributed by atoms with Gasteiger partial charge in [-0.15, -0.1) is 0 Å². The van der Waals surface area contributed by atoms with Gasteiger partial charge in [-0.05, 0) is 26.0 Å². The first kappa shape index (κ1) is 22.1. The van der Waals surface area contributed by atoms with Crippen molar-refractivity contribution < 1.29 is 23.9 Å². The number of piperazine rings is 1. The van der Waals surface area contributed by atoms with Crippen LogP contribution in [-0.4, -0.2) is 71.4 Å². The molecule has 1 aliphatic rings. The summed E-state index contributed by atoms with van der Waals surface area (Å²) in [6.45, 7) is 4.82. The lowest BCUT2D eigenvalue weighted by Gasteiger charge is -2.40. The van der Waals surface area contributed by atoms with Gasteiger partial charge in [-0.3, -0.25) is 14.4 Å². The van der Waals surface area contributed by atoms with Crippen LogP contribution < -0.4 is 15.2 Å². The quantitative estimate of drug-likeness (QED) is 0.745. The van der Waals surface area contributed by atoms with Gasteiger partial charge < -0.3 is 25.0 Å². The van der Waals surface area contributed by atoms with Crippen LogP contribution in [0, 0.1) is 0 Å². The molecular formula is C22H26N4O5. The Bertz CT molecular complexity index is 966. The second kappa shape index (κ2) is 9.46. The van der Waals surface area contributed by atoms with Gasteiger partial charge in [-0.25, -0.2) is 4.98 Å². The molecule has 3 rings (SSSR count). The van der Waals surface area contributed by atoms with Crippen LogP contribution in [0.2, 0.25) is 0 Å². The third-order valence-electron chi connectivity index (χ3n) is 5.17. The largest absolute Gasteiger partial charge is 0.493 e. The second-order valence-electron chi connectivity index (χ2n) is 7.34. The normalized spacial score (nSPS) is 17.1. The molecule has 2 aromatic rings. The molecule has 2 N–H and O–H groups in total. The number of primary amides is 1. The van der Waals surface area contributed by atoms with Crippen LogP contribution in [0.15, 0.2) is 42.6 Å². The molecule has 0 bridgehead atoms. The van der Waals surface area contributed by atoms with Crippen LogP contribution in [0.1, 0.15) is 34.7 Å².